The van der Waals surface area contributed by atoms with Crippen LogP contribution in [0, 0.1) is 0 Å². The van der Waals surface area contributed by atoms with Gasteiger partial charge in [-0.2, -0.15) is 5.10 Å². The number of thiazole rings is 1. The van der Waals surface area contributed by atoms with E-state index in [2.05, 4.69) is 20.2 Å². The molecular weight excluding hydrogens is 667 g/mol. The van der Waals surface area contributed by atoms with Gasteiger partial charge in [0.25, 0.3) is 5.91 Å². The zero-order valence-corrected chi connectivity index (χ0v) is 27.4. The number of nitrogens with one attached hydrogen (secondary N) is 1. The standard InChI is InChI=1S/C33H31Cl2F2N7O2S/c34-25-12-23(18-3-1-17(2-4-18)22-5-7-42(15-26(22)37)20-10-21(45)11-20)28(35)29-24(25)14-44(41-29)31(32(46)40-33-38-6-8-47-33)30-27-9-19(36)13-43(27)16-39-30/h1-4,6,8,12,14,16,19-22,26,31,45H,5,7,9-11,13,15H2,(H,38,40,46)/t19?,20?,21?,22-,26+,31?/m0/s1. The largest absolute Gasteiger partial charge is 0.393 e. The molecule has 1 amide bonds. The third-order valence-corrected chi connectivity index (χ3v) is 11.1. The first-order valence-corrected chi connectivity index (χ1v) is 17.3. The average Bonchev–Trinajstić information content (AvgIpc) is 3.84. The van der Waals surface area contributed by atoms with Gasteiger partial charge < -0.3 is 9.67 Å². The highest BCUT2D eigenvalue weighted by molar-refractivity contribution is 7.13. The first-order valence-electron chi connectivity index (χ1n) is 15.6. The minimum atomic E-state index is -1.06. The van der Waals surface area contributed by atoms with Crippen molar-refractivity contribution in [3.05, 3.63) is 81.4 Å². The summed E-state index contributed by atoms with van der Waals surface area (Å²) in [6.45, 7) is 1.37. The zero-order chi connectivity index (χ0) is 32.4. The molecule has 2 aliphatic heterocycles. The molecule has 2 fully saturated rings. The maximum atomic E-state index is 15.3. The number of aromatic nitrogens is 5. The highest BCUT2D eigenvalue weighted by Gasteiger charge is 2.39. The second-order valence-corrected chi connectivity index (χ2v) is 14.3. The van der Waals surface area contributed by atoms with Gasteiger partial charge in [0.05, 0.1) is 34.7 Å². The summed E-state index contributed by atoms with van der Waals surface area (Å²) in [4.78, 5) is 24.6. The van der Waals surface area contributed by atoms with Gasteiger partial charge in [0, 0.05) is 59.3 Å². The number of aliphatic hydroxyl groups is 1. The molecule has 1 saturated heterocycles. The van der Waals surface area contributed by atoms with Crippen LogP contribution in [0.3, 0.4) is 0 Å². The van der Waals surface area contributed by atoms with Crippen LogP contribution in [0.25, 0.3) is 22.0 Å². The van der Waals surface area contributed by atoms with Crippen molar-refractivity contribution in [3.63, 3.8) is 0 Å². The smallest absolute Gasteiger partial charge is 0.257 e. The van der Waals surface area contributed by atoms with E-state index < -0.39 is 24.3 Å². The number of hydrogen-bond acceptors (Lipinski definition) is 7. The predicted octanol–water partition coefficient (Wildman–Crippen LogP) is 6.44. The summed E-state index contributed by atoms with van der Waals surface area (Å²) in [5.41, 5.74) is 3.83. The van der Waals surface area contributed by atoms with Crippen molar-refractivity contribution in [2.24, 2.45) is 0 Å². The number of rotatable bonds is 7. The molecule has 9 nitrogen and oxygen atoms in total. The lowest BCUT2D eigenvalue weighted by atomic mass is 9.82. The fourth-order valence-electron chi connectivity index (χ4n) is 7.22. The van der Waals surface area contributed by atoms with Crippen molar-refractivity contribution >= 4 is 56.5 Å². The highest BCUT2D eigenvalue weighted by Crippen LogP contribution is 2.41. The van der Waals surface area contributed by atoms with Crippen LogP contribution in [0.2, 0.25) is 10.0 Å². The van der Waals surface area contributed by atoms with Crippen molar-refractivity contribution in [1.82, 2.24) is 29.2 Å². The molecule has 3 aliphatic rings. The van der Waals surface area contributed by atoms with E-state index in [4.69, 9.17) is 28.3 Å². The van der Waals surface area contributed by atoms with Gasteiger partial charge >= 0.3 is 0 Å². The number of aliphatic hydroxyl groups excluding tert-OH is 1. The maximum Gasteiger partial charge on any atom is 0.257 e. The van der Waals surface area contributed by atoms with E-state index in [1.54, 1.807) is 34.7 Å². The third-order valence-electron chi connectivity index (χ3n) is 9.75. The van der Waals surface area contributed by atoms with Crippen LogP contribution in [-0.4, -0.2) is 77.8 Å². The molecule has 0 bridgehead atoms. The number of fused-ring (bicyclic) bond motifs is 2. The Labute approximate surface area is 283 Å². The van der Waals surface area contributed by atoms with Gasteiger partial charge in [0.15, 0.2) is 11.2 Å². The van der Waals surface area contributed by atoms with E-state index in [-0.39, 0.29) is 31.0 Å². The summed E-state index contributed by atoms with van der Waals surface area (Å²) >= 11 is 15.1. The Morgan fingerprint density at radius 1 is 1.13 bits per heavy atom. The van der Waals surface area contributed by atoms with E-state index in [1.165, 1.54) is 16.0 Å². The Hall–Kier alpha value is -3.42. The average molecular weight is 699 g/mol. The molecule has 5 aromatic rings. The number of alkyl halides is 2. The molecular formula is C33H31Cl2F2N7O2S. The Bertz CT molecular complexity index is 1940. The number of halogens is 4. The Morgan fingerprint density at radius 2 is 1.94 bits per heavy atom. The number of imidazole rings is 1. The Kier molecular flexibility index (Phi) is 8.04. The monoisotopic (exact) mass is 697 g/mol. The molecule has 2 unspecified atom stereocenters. The third kappa shape index (κ3) is 5.63. The van der Waals surface area contributed by atoms with Gasteiger partial charge in [-0.15, -0.1) is 11.3 Å². The van der Waals surface area contributed by atoms with E-state index in [1.807, 2.05) is 24.3 Å². The maximum absolute atomic E-state index is 15.3. The lowest BCUT2D eigenvalue weighted by molar-refractivity contribution is -0.118. The van der Waals surface area contributed by atoms with Crippen LogP contribution in [0.1, 0.15) is 48.2 Å². The first kappa shape index (κ1) is 30.9. The Balaban J connectivity index is 1.09. The van der Waals surface area contributed by atoms with Gasteiger partial charge in [0.1, 0.15) is 17.9 Å². The molecule has 2 aromatic carbocycles. The molecule has 3 aromatic heterocycles. The van der Waals surface area contributed by atoms with E-state index >= 15 is 4.39 Å². The van der Waals surface area contributed by atoms with Crippen LogP contribution in [0.15, 0.2) is 54.4 Å². The zero-order valence-electron chi connectivity index (χ0n) is 25.1. The number of benzene rings is 2. The number of nitrogens with zero attached hydrogens (tertiary/aromatic N) is 6. The summed E-state index contributed by atoms with van der Waals surface area (Å²) in [6, 6.07) is 8.74. The lowest BCUT2D eigenvalue weighted by Gasteiger charge is -2.45. The van der Waals surface area contributed by atoms with Crippen LogP contribution >= 0.6 is 34.5 Å². The van der Waals surface area contributed by atoms with Gasteiger partial charge in [0.2, 0.25) is 0 Å². The topological polar surface area (TPSA) is 101 Å². The number of carbonyl (C=O) groups excluding carboxylic acids is 1. The van der Waals surface area contributed by atoms with Crippen LogP contribution < -0.4 is 5.32 Å². The summed E-state index contributed by atoms with van der Waals surface area (Å²) < 4.78 is 32.9. The van der Waals surface area contributed by atoms with Crippen LogP contribution in [0.4, 0.5) is 13.9 Å². The van der Waals surface area contributed by atoms with Gasteiger partial charge in [-0.25, -0.2) is 18.7 Å². The summed E-state index contributed by atoms with van der Waals surface area (Å²) in [6.07, 6.45) is 4.81. The van der Waals surface area contributed by atoms with Crippen molar-refractivity contribution in [2.75, 3.05) is 18.4 Å². The normalized spacial score (nSPS) is 25.1. The van der Waals surface area contributed by atoms with Crippen molar-refractivity contribution in [1.29, 1.82) is 0 Å². The molecule has 14 heteroatoms. The SMILES string of the molecule is O=C(Nc1nccs1)C(c1ncn2c1CC(F)C2)n1cc2c(Cl)cc(-c3ccc([C@@H]4CCN(C5CC(O)C5)C[C@H]4F)cc3)c(Cl)c2n1. The van der Waals surface area contributed by atoms with Crippen molar-refractivity contribution in [3.8, 4) is 11.1 Å². The van der Waals surface area contributed by atoms with E-state index in [9.17, 15) is 14.3 Å². The molecule has 2 N–H and O–H groups in total. The number of carbonyl (C=O) groups is 1. The fourth-order valence-corrected chi connectivity index (χ4v) is 8.30. The van der Waals surface area contributed by atoms with E-state index in [0.717, 1.165) is 30.5 Å². The number of hydrogen-bond donors (Lipinski definition) is 2. The van der Waals surface area contributed by atoms with Gasteiger partial charge in [-0.05, 0) is 43.0 Å². The molecule has 0 spiro atoms. The summed E-state index contributed by atoms with van der Waals surface area (Å²) in [7, 11) is 0. The fraction of sp³-hybridized carbons (Fsp3) is 0.394. The second-order valence-electron chi connectivity index (χ2n) is 12.7. The lowest BCUT2D eigenvalue weighted by Crippen LogP contribution is -2.52. The van der Waals surface area contributed by atoms with Crippen molar-refractivity contribution < 1.29 is 18.7 Å². The second kappa shape index (κ2) is 12.2. The number of likely N-dealkylation sites (tertiary alicyclic amines) is 1. The molecule has 4 atom stereocenters. The number of anilines is 1. The van der Waals surface area contributed by atoms with Crippen molar-refractivity contribution in [2.45, 2.75) is 68.7 Å². The molecule has 0 radical (unpaired) electrons. The van der Waals surface area contributed by atoms with Gasteiger partial charge in [-0.1, -0.05) is 47.5 Å². The predicted molar refractivity (Wildman–Crippen MR) is 178 cm³/mol. The molecule has 244 valence electrons. The highest BCUT2D eigenvalue weighted by atomic mass is 35.5. The minimum Gasteiger partial charge on any atom is -0.393 e. The number of piperidine rings is 1. The number of amides is 1. The molecule has 1 saturated carbocycles. The first-order chi connectivity index (χ1) is 22.7. The minimum absolute atomic E-state index is 0.145. The summed E-state index contributed by atoms with van der Waals surface area (Å²) in [5.74, 6) is -0.631. The molecule has 1 aliphatic carbocycles. The van der Waals surface area contributed by atoms with Crippen LogP contribution in [0.5, 0.6) is 0 Å². The molecule has 8 rings (SSSR count). The Morgan fingerprint density at radius 3 is 2.66 bits per heavy atom. The summed E-state index contributed by atoms with van der Waals surface area (Å²) in [5, 5.41) is 20.7. The van der Waals surface area contributed by atoms with Crippen LogP contribution in [-0.2, 0) is 17.8 Å². The van der Waals surface area contributed by atoms with Gasteiger partial charge in [-0.3, -0.25) is 19.7 Å². The quantitative estimate of drug-likeness (QED) is 0.203. The molecule has 47 heavy (non-hydrogen) atoms. The molecule has 5 heterocycles. The van der Waals surface area contributed by atoms with E-state index in [0.29, 0.717) is 56.0 Å².